The summed E-state index contributed by atoms with van der Waals surface area (Å²) in [5.41, 5.74) is 2.04. The number of methoxy groups -OCH3 is 1. The SMILES string of the molecule is CCCNC(CCC(F)(F)F)c1ccc(CCOC)cc1. The van der Waals surface area contributed by atoms with Crippen molar-refractivity contribution in [2.45, 2.75) is 44.8 Å². The van der Waals surface area contributed by atoms with Crippen molar-refractivity contribution in [3.05, 3.63) is 35.4 Å². The lowest BCUT2D eigenvalue weighted by Gasteiger charge is -2.20. The molecule has 1 rings (SSSR count). The summed E-state index contributed by atoms with van der Waals surface area (Å²) in [6, 6.07) is 7.50. The van der Waals surface area contributed by atoms with Gasteiger partial charge in [0.05, 0.1) is 6.61 Å². The minimum atomic E-state index is -4.11. The second-order valence-corrected chi connectivity index (χ2v) is 5.14. The first-order valence-corrected chi connectivity index (χ1v) is 7.34. The van der Waals surface area contributed by atoms with Crippen LogP contribution in [0.2, 0.25) is 0 Å². The molecule has 1 aromatic carbocycles. The second-order valence-electron chi connectivity index (χ2n) is 5.14. The van der Waals surface area contributed by atoms with E-state index >= 15 is 0 Å². The van der Waals surface area contributed by atoms with Crippen LogP contribution in [0.25, 0.3) is 0 Å². The molecule has 120 valence electrons. The highest BCUT2D eigenvalue weighted by atomic mass is 19.4. The molecule has 2 nitrogen and oxygen atoms in total. The molecular weight excluding hydrogens is 279 g/mol. The van der Waals surface area contributed by atoms with E-state index in [1.807, 2.05) is 31.2 Å². The van der Waals surface area contributed by atoms with E-state index < -0.39 is 12.6 Å². The molecule has 5 heteroatoms. The second kappa shape index (κ2) is 9.05. The van der Waals surface area contributed by atoms with Crippen LogP contribution in [0.1, 0.15) is 43.4 Å². The summed E-state index contributed by atoms with van der Waals surface area (Å²) < 4.78 is 42.3. The van der Waals surface area contributed by atoms with Crippen LogP contribution < -0.4 is 5.32 Å². The van der Waals surface area contributed by atoms with Crippen LogP contribution in [0.3, 0.4) is 0 Å². The molecule has 0 aliphatic heterocycles. The molecule has 1 N–H and O–H groups in total. The van der Waals surface area contributed by atoms with E-state index in [4.69, 9.17) is 4.74 Å². The highest BCUT2D eigenvalue weighted by Crippen LogP contribution is 2.27. The fraction of sp³-hybridized carbons (Fsp3) is 0.625. The quantitative estimate of drug-likeness (QED) is 0.736. The van der Waals surface area contributed by atoms with E-state index in [0.29, 0.717) is 13.2 Å². The van der Waals surface area contributed by atoms with E-state index in [2.05, 4.69) is 5.32 Å². The summed E-state index contributed by atoms with van der Waals surface area (Å²) in [5.74, 6) is 0. The summed E-state index contributed by atoms with van der Waals surface area (Å²) in [7, 11) is 1.65. The Bertz CT molecular complexity index is 390. The van der Waals surface area contributed by atoms with Gasteiger partial charge in [-0.3, -0.25) is 0 Å². The predicted octanol–water partition coefficient (Wildman–Crippen LogP) is 4.26. The molecule has 0 saturated heterocycles. The Labute approximate surface area is 124 Å². The number of halogens is 3. The van der Waals surface area contributed by atoms with Crippen LogP contribution in [0.5, 0.6) is 0 Å². The summed E-state index contributed by atoms with van der Waals surface area (Å²) in [6.07, 6.45) is -3.09. The van der Waals surface area contributed by atoms with Gasteiger partial charge in [-0.15, -0.1) is 0 Å². The zero-order chi connectivity index (χ0) is 15.7. The fourth-order valence-corrected chi connectivity index (χ4v) is 2.15. The lowest BCUT2D eigenvalue weighted by Crippen LogP contribution is -2.24. The minimum Gasteiger partial charge on any atom is -0.384 e. The van der Waals surface area contributed by atoms with Crippen LogP contribution in [-0.4, -0.2) is 26.4 Å². The topological polar surface area (TPSA) is 21.3 Å². The van der Waals surface area contributed by atoms with Gasteiger partial charge < -0.3 is 10.1 Å². The smallest absolute Gasteiger partial charge is 0.384 e. The molecule has 0 aromatic heterocycles. The molecule has 0 heterocycles. The Kier molecular flexibility index (Phi) is 7.75. The Hall–Kier alpha value is -1.07. The molecule has 1 unspecified atom stereocenters. The largest absolute Gasteiger partial charge is 0.389 e. The fourth-order valence-electron chi connectivity index (χ4n) is 2.15. The molecule has 0 aliphatic rings. The number of ether oxygens (including phenoxy) is 1. The zero-order valence-corrected chi connectivity index (χ0v) is 12.7. The molecule has 0 aliphatic carbocycles. The van der Waals surface area contributed by atoms with Crippen molar-refractivity contribution < 1.29 is 17.9 Å². The van der Waals surface area contributed by atoms with Gasteiger partial charge in [-0.25, -0.2) is 0 Å². The van der Waals surface area contributed by atoms with Gasteiger partial charge in [0, 0.05) is 19.6 Å². The molecule has 1 atom stereocenters. The Balaban J connectivity index is 2.67. The van der Waals surface area contributed by atoms with Crippen molar-refractivity contribution in [2.24, 2.45) is 0 Å². The van der Waals surface area contributed by atoms with Gasteiger partial charge in [-0.05, 0) is 36.9 Å². The lowest BCUT2D eigenvalue weighted by molar-refractivity contribution is -0.136. The minimum absolute atomic E-state index is 0.0704. The molecule has 0 amide bonds. The van der Waals surface area contributed by atoms with E-state index in [1.54, 1.807) is 7.11 Å². The monoisotopic (exact) mass is 303 g/mol. The van der Waals surface area contributed by atoms with Crippen molar-refractivity contribution in [1.29, 1.82) is 0 Å². The molecule has 0 saturated carbocycles. The Morgan fingerprint density at radius 1 is 1.19 bits per heavy atom. The van der Waals surface area contributed by atoms with Gasteiger partial charge in [-0.1, -0.05) is 31.2 Å². The van der Waals surface area contributed by atoms with E-state index in [9.17, 15) is 13.2 Å². The molecular formula is C16H24F3NO. The summed E-state index contributed by atoms with van der Waals surface area (Å²) in [5, 5.41) is 3.20. The lowest BCUT2D eigenvalue weighted by atomic mass is 9.99. The van der Waals surface area contributed by atoms with Gasteiger partial charge in [-0.2, -0.15) is 13.2 Å². The Morgan fingerprint density at radius 2 is 1.86 bits per heavy atom. The maximum Gasteiger partial charge on any atom is 0.389 e. The molecule has 21 heavy (non-hydrogen) atoms. The van der Waals surface area contributed by atoms with Crippen LogP contribution in [0.15, 0.2) is 24.3 Å². The number of rotatable bonds is 9. The average molecular weight is 303 g/mol. The average Bonchev–Trinajstić information content (AvgIpc) is 2.45. The number of hydrogen-bond donors (Lipinski definition) is 1. The predicted molar refractivity (Wildman–Crippen MR) is 78.3 cm³/mol. The standard InChI is InChI=1S/C16H24F3NO/c1-3-11-20-15(8-10-16(17,18)19)14-6-4-13(5-7-14)9-12-21-2/h4-7,15,20H,3,8-12H2,1-2H3. The summed E-state index contributed by atoms with van der Waals surface area (Å²) >= 11 is 0. The van der Waals surface area contributed by atoms with Gasteiger partial charge in [0.1, 0.15) is 0 Å². The summed E-state index contributed by atoms with van der Waals surface area (Å²) in [6.45, 7) is 3.36. The van der Waals surface area contributed by atoms with Gasteiger partial charge in [0.25, 0.3) is 0 Å². The first-order chi connectivity index (χ1) is 9.96. The third-order valence-electron chi connectivity index (χ3n) is 3.33. The van der Waals surface area contributed by atoms with Crippen molar-refractivity contribution in [1.82, 2.24) is 5.32 Å². The normalized spacial score (nSPS) is 13.4. The highest BCUT2D eigenvalue weighted by molar-refractivity contribution is 5.25. The zero-order valence-electron chi connectivity index (χ0n) is 12.7. The van der Waals surface area contributed by atoms with Crippen molar-refractivity contribution in [3.8, 4) is 0 Å². The third kappa shape index (κ3) is 7.48. The van der Waals surface area contributed by atoms with Crippen LogP contribution in [0, 0.1) is 0 Å². The third-order valence-corrected chi connectivity index (χ3v) is 3.33. The van der Waals surface area contributed by atoms with Crippen LogP contribution in [0.4, 0.5) is 13.2 Å². The van der Waals surface area contributed by atoms with Crippen molar-refractivity contribution in [2.75, 3.05) is 20.3 Å². The van der Waals surface area contributed by atoms with Crippen molar-refractivity contribution >= 4 is 0 Å². The first kappa shape index (κ1) is 18.0. The molecule has 1 aromatic rings. The number of nitrogens with one attached hydrogen (secondary N) is 1. The van der Waals surface area contributed by atoms with Gasteiger partial charge in [0.15, 0.2) is 0 Å². The molecule has 0 fully saturated rings. The Morgan fingerprint density at radius 3 is 2.38 bits per heavy atom. The first-order valence-electron chi connectivity index (χ1n) is 7.34. The maximum absolute atomic E-state index is 12.4. The van der Waals surface area contributed by atoms with Crippen LogP contribution >= 0.6 is 0 Å². The molecule has 0 bridgehead atoms. The van der Waals surface area contributed by atoms with E-state index in [1.165, 1.54) is 0 Å². The van der Waals surface area contributed by atoms with Gasteiger partial charge in [0.2, 0.25) is 0 Å². The number of alkyl halides is 3. The summed E-state index contributed by atoms with van der Waals surface area (Å²) in [4.78, 5) is 0. The molecule has 0 spiro atoms. The molecule has 0 radical (unpaired) electrons. The number of benzene rings is 1. The van der Waals surface area contributed by atoms with Gasteiger partial charge >= 0.3 is 6.18 Å². The van der Waals surface area contributed by atoms with Crippen LogP contribution in [-0.2, 0) is 11.2 Å². The van der Waals surface area contributed by atoms with E-state index in [0.717, 1.165) is 24.0 Å². The van der Waals surface area contributed by atoms with E-state index in [-0.39, 0.29) is 12.5 Å². The van der Waals surface area contributed by atoms with Crippen molar-refractivity contribution in [3.63, 3.8) is 0 Å². The maximum atomic E-state index is 12.4. The highest BCUT2D eigenvalue weighted by Gasteiger charge is 2.28. The number of hydrogen-bond acceptors (Lipinski definition) is 2.